The van der Waals surface area contributed by atoms with Crippen LogP contribution in [0.2, 0.25) is 0 Å². The Kier molecular flexibility index (Phi) is 6.81. The van der Waals surface area contributed by atoms with Gasteiger partial charge in [-0.25, -0.2) is 19.1 Å². The minimum atomic E-state index is -3.48. The fourth-order valence-corrected chi connectivity index (χ4v) is 5.70. The molecule has 4 aromatic rings. The lowest BCUT2D eigenvalue weighted by Crippen LogP contribution is -2.41. The molecule has 12 heteroatoms. The smallest absolute Gasteiger partial charge is 0.279 e. The second kappa shape index (κ2) is 9.85. The van der Waals surface area contributed by atoms with Gasteiger partial charge in [0.2, 0.25) is 5.95 Å². The molecule has 39 heavy (non-hydrogen) atoms. The molecular formula is C27H34N8O3S. The average molecular weight is 551 g/mol. The van der Waals surface area contributed by atoms with Crippen molar-refractivity contribution in [1.29, 1.82) is 0 Å². The van der Waals surface area contributed by atoms with Crippen LogP contribution in [0.15, 0.2) is 47.5 Å². The molecule has 11 nitrogen and oxygen atoms in total. The van der Waals surface area contributed by atoms with Crippen LogP contribution in [-0.4, -0.2) is 50.6 Å². The highest BCUT2D eigenvalue weighted by Crippen LogP contribution is 2.27. The molecule has 2 N–H and O–H groups in total. The molecule has 1 aromatic carbocycles. The van der Waals surface area contributed by atoms with E-state index in [0.717, 1.165) is 28.2 Å². The first-order valence-electron chi connectivity index (χ1n) is 12.9. The Morgan fingerprint density at radius 1 is 1.05 bits per heavy atom. The molecule has 0 radical (unpaired) electrons. The monoisotopic (exact) mass is 550 g/mol. The van der Waals surface area contributed by atoms with Crippen LogP contribution >= 0.6 is 0 Å². The average Bonchev–Trinajstić information content (AvgIpc) is 3.19. The SMILES string of the molecule is CNS(=O)(=O)N1CCc2cc(Nc3ncc4c(=O)n(C(C)C)n(-c5ccnc(C(C)(C)C)c5)c4n3)ccc2C1. The first-order chi connectivity index (χ1) is 18.4. The summed E-state index contributed by atoms with van der Waals surface area (Å²) in [6.07, 6.45) is 3.92. The number of nitrogens with one attached hydrogen (secondary N) is 2. The van der Waals surface area contributed by atoms with Gasteiger partial charge in [-0.05, 0) is 55.7 Å². The van der Waals surface area contributed by atoms with Crippen molar-refractivity contribution >= 4 is 32.9 Å². The van der Waals surface area contributed by atoms with Crippen LogP contribution in [0, 0.1) is 0 Å². The molecule has 0 atom stereocenters. The van der Waals surface area contributed by atoms with Crippen LogP contribution in [0.5, 0.6) is 0 Å². The maximum absolute atomic E-state index is 13.4. The lowest BCUT2D eigenvalue weighted by atomic mass is 9.91. The predicted octanol–water partition coefficient (Wildman–Crippen LogP) is 3.42. The molecule has 0 saturated carbocycles. The summed E-state index contributed by atoms with van der Waals surface area (Å²) in [6, 6.07) is 9.56. The van der Waals surface area contributed by atoms with Crippen LogP contribution in [0.3, 0.4) is 0 Å². The van der Waals surface area contributed by atoms with Gasteiger partial charge < -0.3 is 5.32 Å². The first-order valence-corrected chi connectivity index (χ1v) is 14.4. The summed E-state index contributed by atoms with van der Waals surface area (Å²) >= 11 is 0. The number of fused-ring (bicyclic) bond motifs is 2. The maximum Gasteiger partial charge on any atom is 0.279 e. The molecule has 0 bridgehead atoms. The number of anilines is 2. The van der Waals surface area contributed by atoms with E-state index in [1.165, 1.54) is 11.4 Å². The molecule has 5 rings (SSSR count). The zero-order valence-electron chi connectivity index (χ0n) is 23.1. The number of rotatable bonds is 6. The van der Waals surface area contributed by atoms with Crippen molar-refractivity contribution in [2.75, 3.05) is 18.9 Å². The number of hydrogen-bond acceptors (Lipinski definition) is 7. The molecule has 0 fully saturated rings. The molecule has 0 aliphatic carbocycles. The van der Waals surface area contributed by atoms with Crippen molar-refractivity contribution in [2.45, 2.75) is 59.0 Å². The van der Waals surface area contributed by atoms with Gasteiger partial charge >= 0.3 is 0 Å². The van der Waals surface area contributed by atoms with Crippen LogP contribution in [0.1, 0.15) is 57.5 Å². The van der Waals surface area contributed by atoms with Gasteiger partial charge in [-0.2, -0.15) is 17.7 Å². The molecule has 1 aliphatic heterocycles. The summed E-state index contributed by atoms with van der Waals surface area (Å²) in [5.74, 6) is 0.359. The third kappa shape index (κ3) is 5.07. The summed E-state index contributed by atoms with van der Waals surface area (Å²) in [5, 5.41) is 3.70. The fourth-order valence-electron chi connectivity index (χ4n) is 4.80. The van der Waals surface area contributed by atoms with Crippen LogP contribution in [0.4, 0.5) is 11.6 Å². The van der Waals surface area contributed by atoms with Crippen LogP contribution in [-0.2, 0) is 28.6 Å². The number of nitrogens with zero attached hydrogens (tertiary/aromatic N) is 6. The molecule has 0 amide bonds. The van der Waals surface area contributed by atoms with E-state index in [-0.39, 0.29) is 17.0 Å². The van der Waals surface area contributed by atoms with E-state index in [1.807, 2.05) is 48.9 Å². The van der Waals surface area contributed by atoms with E-state index < -0.39 is 10.2 Å². The minimum Gasteiger partial charge on any atom is -0.324 e. The molecule has 206 valence electrons. The number of benzene rings is 1. The van der Waals surface area contributed by atoms with Gasteiger partial charge in [0, 0.05) is 55.4 Å². The highest BCUT2D eigenvalue weighted by atomic mass is 32.2. The highest BCUT2D eigenvalue weighted by Gasteiger charge is 2.26. The summed E-state index contributed by atoms with van der Waals surface area (Å²) in [6.45, 7) is 10.9. The quantitative estimate of drug-likeness (QED) is 0.377. The normalized spacial score (nSPS) is 14.6. The Balaban J connectivity index is 1.53. The second-order valence-electron chi connectivity index (χ2n) is 11.0. The Morgan fingerprint density at radius 3 is 2.51 bits per heavy atom. The Hall–Kier alpha value is -3.61. The molecule has 0 spiro atoms. The van der Waals surface area contributed by atoms with Gasteiger partial charge in [-0.15, -0.1) is 0 Å². The first kappa shape index (κ1) is 27.0. The third-order valence-corrected chi connectivity index (χ3v) is 8.41. The van der Waals surface area contributed by atoms with Crippen molar-refractivity contribution in [1.82, 2.24) is 33.3 Å². The Bertz CT molecular complexity index is 1720. The Labute approximate surface area is 228 Å². The van der Waals surface area contributed by atoms with E-state index in [4.69, 9.17) is 4.98 Å². The lowest BCUT2D eigenvalue weighted by molar-refractivity contribution is 0.386. The number of hydrogen-bond donors (Lipinski definition) is 2. The largest absolute Gasteiger partial charge is 0.324 e. The van der Waals surface area contributed by atoms with Crippen molar-refractivity contribution in [3.05, 3.63) is 69.9 Å². The maximum atomic E-state index is 13.4. The van der Waals surface area contributed by atoms with E-state index in [0.29, 0.717) is 36.5 Å². The van der Waals surface area contributed by atoms with Crippen LogP contribution < -0.4 is 15.6 Å². The highest BCUT2D eigenvalue weighted by molar-refractivity contribution is 7.87. The summed E-state index contributed by atoms with van der Waals surface area (Å²) in [5.41, 5.74) is 4.70. The fraction of sp³-hybridized carbons (Fsp3) is 0.407. The van der Waals surface area contributed by atoms with Gasteiger partial charge in [0.05, 0.1) is 5.69 Å². The molecule has 0 saturated heterocycles. The standard InChI is InChI=1S/C27H34N8O3S/c1-17(2)34-25(36)22-15-30-26(32-24(22)35(34)21-9-11-29-23(14-21)27(3,4)5)31-20-8-7-19-16-33(39(37,38)28-6)12-10-18(19)13-20/h7-9,11,13-15,17,28H,10,12,16H2,1-6H3,(H,30,31,32). The minimum absolute atomic E-state index is 0.110. The van der Waals surface area contributed by atoms with Crippen LogP contribution in [0.25, 0.3) is 16.7 Å². The number of aromatic nitrogens is 5. The van der Waals surface area contributed by atoms with Gasteiger partial charge in [0.15, 0.2) is 5.65 Å². The van der Waals surface area contributed by atoms with Crippen molar-refractivity contribution in [3.63, 3.8) is 0 Å². The Morgan fingerprint density at radius 2 is 1.82 bits per heavy atom. The molecule has 3 aromatic heterocycles. The van der Waals surface area contributed by atoms with Gasteiger partial charge in [-0.3, -0.25) is 9.78 Å². The lowest BCUT2D eigenvalue weighted by Gasteiger charge is -2.27. The van der Waals surface area contributed by atoms with E-state index in [9.17, 15) is 13.2 Å². The zero-order chi connectivity index (χ0) is 28.1. The predicted molar refractivity (Wildman–Crippen MR) is 152 cm³/mol. The van der Waals surface area contributed by atoms with Crippen molar-refractivity contribution in [2.24, 2.45) is 0 Å². The third-order valence-electron chi connectivity index (χ3n) is 6.91. The van der Waals surface area contributed by atoms with E-state index in [1.54, 1.807) is 17.1 Å². The summed E-state index contributed by atoms with van der Waals surface area (Å²) in [7, 11) is -2.06. The molecular weight excluding hydrogens is 516 g/mol. The van der Waals surface area contributed by atoms with Gasteiger partial charge in [-0.1, -0.05) is 26.8 Å². The van der Waals surface area contributed by atoms with Gasteiger partial charge in [0.25, 0.3) is 15.8 Å². The van der Waals surface area contributed by atoms with E-state index >= 15 is 0 Å². The second-order valence-corrected chi connectivity index (χ2v) is 12.9. The topological polar surface area (TPSA) is 127 Å². The van der Waals surface area contributed by atoms with E-state index in [2.05, 4.69) is 40.8 Å². The van der Waals surface area contributed by atoms with Crippen molar-refractivity contribution in [3.8, 4) is 5.69 Å². The summed E-state index contributed by atoms with van der Waals surface area (Å²) < 4.78 is 31.7. The zero-order valence-corrected chi connectivity index (χ0v) is 23.9. The van der Waals surface area contributed by atoms with Crippen molar-refractivity contribution < 1.29 is 8.42 Å². The summed E-state index contributed by atoms with van der Waals surface area (Å²) in [4.78, 5) is 27.1. The van der Waals surface area contributed by atoms with Gasteiger partial charge in [0.1, 0.15) is 5.39 Å². The molecule has 0 unspecified atom stereocenters. The number of pyridine rings is 1. The molecule has 4 heterocycles. The molecule has 1 aliphatic rings.